The predicted octanol–water partition coefficient (Wildman–Crippen LogP) is 4.40. The monoisotopic (exact) mass is 282 g/mol. The molecule has 0 saturated carbocycles. The largest absolute Gasteiger partial charge is 0.233 e. The van der Waals surface area contributed by atoms with Crippen LogP contribution in [0.25, 0.3) is 22.5 Å². The van der Waals surface area contributed by atoms with E-state index in [9.17, 15) is 8.78 Å². The fraction of sp³-hybridized carbons (Fsp3) is 0.0588. The maximum atomic E-state index is 13.0. The maximum Gasteiger partial charge on any atom is 0.126 e. The van der Waals surface area contributed by atoms with Crippen molar-refractivity contribution in [2.24, 2.45) is 0 Å². The van der Waals surface area contributed by atoms with Gasteiger partial charge in [-0.25, -0.2) is 18.7 Å². The van der Waals surface area contributed by atoms with Crippen molar-refractivity contribution in [2.45, 2.75) is 6.92 Å². The maximum absolute atomic E-state index is 13.0. The van der Waals surface area contributed by atoms with Gasteiger partial charge in [-0.2, -0.15) is 0 Å². The lowest BCUT2D eigenvalue weighted by Crippen LogP contribution is -1.94. The van der Waals surface area contributed by atoms with Crippen LogP contribution in [-0.4, -0.2) is 9.97 Å². The molecule has 1 aromatic heterocycles. The van der Waals surface area contributed by atoms with Crippen LogP contribution in [0.1, 0.15) is 5.82 Å². The Morgan fingerprint density at radius 1 is 0.667 bits per heavy atom. The lowest BCUT2D eigenvalue weighted by Gasteiger charge is -2.06. The van der Waals surface area contributed by atoms with Crippen LogP contribution in [0.3, 0.4) is 0 Å². The van der Waals surface area contributed by atoms with Crippen LogP contribution in [-0.2, 0) is 0 Å². The van der Waals surface area contributed by atoms with Crippen molar-refractivity contribution < 1.29 is 8.78 Å². The van der Waals surface area contributed by atoms with E-state index >= 15 is 0 Å². The molecule has 0 aliphatic carbocycles. The van der Waals surface area contributed by atoms with E-state index in [1.165, 1.54) is 24.3 Å². The first-order valence-electron chi connectivity index (χ1n) is 6.49. The Balaban J connectivity index is 2.07. The van der Waals surface area contributed by atoms with E-state index in [0.717, 1.165) is 11.1 Å². The van der Waals surface area contributed by atoms with Crippen LogP contribution in [0.4, 0.5) is 8.78 Å². The van der Waals surface area contributed by atoms with E-state index < -0.39 is 0 Å². The van der Waals surface area contributed by atoms with E-state index in [0.29, 0.717) is 17.2 Å². The van der Waals surface area contributed by atoms with Crippen LogP contribution in [0.5, 0.6) is 0 Å². The number of benzene rings is 2. The Hall–Kier alpha value is -2.62. The summed E-state index contributed by atoms with van der Waals surface area (Å²) in [6.45, 7) is 1.79. The molecule has 0 saturated heterocycles. The van der Waals surface area contributed by atoms with Gasteiger partial charge in [0.2, 0.25) is 0 Å². The quantitative estimate of drug-likeness (QED) is 0.696. The highest BCUT2D eigenvalue weighted by atomic mass is 19.1. The second-order valence-electron chi connectivity index (χ2n) is 4.70. The smallest absolute Gasteiger partial charge is 0.126 e. The summed E-state index contributed by atoms with van der Waals surface area (Å²) in [5, 5.41) is 0. The molecule has 0 atom stereocenters. The molecule has 21 heavy (non-hydrogen) atoms. The standard InChI is InChI=1S/C17H12F2N2/c1-11-20-16(12-2-6-14(18)7-3-12)10-17(21-11)13-4-8-15(19)9-5-13/h2-10H,1H3. The van der Waals surface area contributed by atoms with Gasteiger partial charge in [0.25, 0.3) is 0 Å². The van der Waals surface area contributed by atoms with Crippen LogP contribution >= 0.6 is 0 Å². The molecular weight excluding hydrogens is 270 g/mol. The Kier molecular flexibility index (Phi) is 3.44. The van der Waals surface area contributed by atoms with Gasteiger partial charge in [-0.05, 0) is 61.5 Å². The molecule has 3 rings (SSSR count). The summed E-state index contributed by atoms with van der Waals surface area (Å²) in [6, 6.07) is 14.1. The fourth-order valence-corrected chi connectivity index (χ4v) is 2.10. The van der Waals surface area contributed by atoms with Gasteiger partial charge >= 0.3 is 0 Å². The molecular formula is C17H12F2N2. The van der Waals surface area contributed by atoms with Crippen molar-refractivity contribution in [1.82, 2.24) is 9.97 Å². The van der Waals surface area contributed by atoms with Gasteiger partial charge in [-0.15, -0.1) is 0 Å². The number of rotatable bonds is 2. The predicted molar refractivity (Wildman–Crippen MR) is 77.6 cm³/mol. The highest BCUT2D eigenvalue weighted by Gasteiger charge is 2.07. The van der Waals surface area contributed by atoms with Gasteiger partial charge in [-0.1, -0.05) is 0 Å². The topological polar surface area (TPSA) is 25.8 Å². The first-order valence-corrected chi connectivity index (χ1v) is 6.49. The summed E-state index contributed by atoms with van der Waals surface area (Å²) < 4.78 is 26.0. The number of halogens is 2. The Morgan fingerprint density at radius 3 is 1.43 bits per heavy atom. The Labute approximate surface area is 121 Å². The minimum Gasteiger partial charge on any atom is -0.233 e. The minimum atomic E-state index is -0.289. The first kappa shape index (κ1) is 13.4. The van der Waals surface area contributed by atoms with E-state index in [4.69, 9.17) is 0 Å². The van der Waals surface area contributed by atoms with Gasteiger partial charge in [0.05, 0.1) is 11.4 Å². The number of nitrogens with zero attached hydrogens (tertiary/aromatic N) is 2. The van der Waals surface area contributed by atoms with Gasteiger partial charge < -0.3 is 0 Å². The van der Waals surface area contributed by atoms with Crippen molar-refractivity contribution >= 4 is 0 Å². The summed E-state index contributed by atoms with van der Waals surface area (Å²) >= 11 is 0. The zero-order chi connectivity index (χ0) is 14.8. The Bertz CT molecular complexity index is 702. The number of aryl methyl sites for hydroxylation is 1. The molecule has 0 amide bonds. The van der Waals surface area contributed by atoms with Crippen molar-refractivity contribution in [3.05, 3.63) is 72.1 Å². The molecule has 4 heteroatoms. The minimum absolute atomic E-state index is 0.289. The highest BCUT2D eigenvalue weighted by Crippen LogP contribution is 2.24. The molecule has 0 unspecified atom stereocenters. The van der Waals surface area contributed by atoms with E-state index in [1.54, 1.807) is 31.2 Å². The third-order valence-corrected chi connectivity index (χ3v) is 3.12. The molecule has 0 spiro atoms. The molecule has 2 nitrogen and oxygen atoms in total. The summed E-state index contributed by atoms with van der Waals surface area (Å²) in [4.78, 5) is 8.74. The van der Waals surface area contributed by atoms with Crippen molar-refractivity contribution in [3.63, 3.8) is 0 Å². The Morgan fingerprint density at radius 2 is 1.05 bits per heavy atom. The van der Waals surface area contributed by atoms with Gasteiger partial charge in [-0.3, -0.25) is 0 Å². The second kappa shape index (κ2) is 5.40. The molecule has 0 radical (unpaired) electrons. The van der Waals surface area contributed by atoms with Crippen molar-refractivity contribution in [2.75, 3.05) is 0 Å². The van der Waals surface area contributed by atoms with E-state index in [1.807, 2.05) is 6.07 Å². The first-order chi connectivity index (χ1) is 10.1. The second-order valence-corrected chi connectivity index (χ2v) is 4.70. The number of hydrogen-bond donors (Lipinski definition) is 0. The average Bonchev–Trinajstić information content (AvgIpc) is 2.48. The number of hydrogen-bond acceptors (Lipinski definition) is 2. The third-order valence-electron chi connectivity index (χ3n) is 3.12. The molecule has 0 bridgehead atoms. The van der Waals surface area contributed by atoms with E-state index in [2.05, 4.69) is 9.97 Å². The summed E-state index contributed by atoms with van der Waals surface area (Å²) in [7, 11) is 0. The molecule has 2 aromatic carbocycles. The summed E-state index contributed by atoms with van der Waals surface area (Å²) in [5.74, 6) is 0.0303. The fourth-order valence-electron chi connectivity index (χ4n) is 2.10. The average molecular weight is 282 g/mol. The highest BCUT2D eigenvalue weighted by molar-refractivity contribution is 5.67. The van der Waals surface area contributed by atoms with Crippen molar-refractivity contribution in [1.29, 1.82) is 0 Å². The lowest BCUT2D eigenvalue weighted by atomic mass is 10.1. The molecule has 0 aliphatic rings. The summed E-state index contributed by atoms with van der Waals surface area (Å²) in [6.07, 6.45) is 0. The van der Waals surface area contributed by atoms with Gasteiger partial charge in [0.1, 0.15) is 17.5 Å². The third kappa shape index (κ3) is 2.94. The van der Waals surface area contributed by atoms with Gasteiger partial charge in [0.15, 0.2) is 0 Å². The molecule has 0 fully saturated rings. The van der Waals surface area contributed by atoms with Crippen molar-refractivity contribution in [3.8, 4) is 22.5 Å². The van der Waals surface area contributed by atoms with Crippen LogP contribution in [0, 0.1) is 18.6 Å². The molecule has 3 aromatic rings. The zero-order valence-electron chi connectivity index (χ0n) is 11.3. The lowest BCUT2D eigenvalue weighted by molar-refractivity contribution is 0.627. The molecule has 104 valence electrons. The SMILES string of the molecule is Cc1nc(-c2ccc(F)cc2)cc(-c2ccc(F)cc2)n1. The molecule has 1 heterocycles. The van der Waals surface area contributed by atoms with Crippen LogP contribution < -0.4 is 0 Å². The van der Waals surface area contributed by atoms with E-state index in [-0.39, 0.29) is 11.6 Å². The van der Waals surface area contributed by atoms with Crippen LogP contribution in [0.15, 0.2) is 54.6 Å². The van der Waals surface area contributed by atoms with Crippen LogP contribution in [0.2, 0.25) is 0 Å². The van der Waals surface area contributed by atoms with Gasteiger partial charge in [0, 0.05) is 11.1 Å². The summed E-state index contributed by atoms with van der Waals surface area (Å²) in [5.41, 5.74) is 3.04. The normalized spacial score (nSPS) is 10.6. The molecule has 0 N–H and O–H groups in total. The number of aromatic nitrogens is 2. The zero-order valence-corrected chi connectivity index (χ0v) is 11.3. The molecule has 0 aliphatic heterocycles.